The van der Waals surface area contributed by atoms with Crippen molar-refractivity contribution in [3.05, 3.63) is 77.9 Å². The van der Waals surface area contributed by atoms with Gasteiger partial charge in [-0.05, 0) is 66.4 Å². The van der Waals surface area contributed by atoms with Gasteiger partial charge in [0.25, 0.3) is 11.8 Å². The summed E-state index contributed by atoms with van der Waals surface area (Å²) in [7, 11) is 0. The van der Waals surface area contributed by atoms with Gasteiger partial charge in [0.1, 0.15) is 5.75 Å². The number of carboxylic acids is 1. The number of carbonyl (C=O) groups is 3. The number of hydrogen-bond acceptors (Lipinski definition) is 4. The summed E-state index contributed by atoms with van der Waals surface area (Å²) >= 11 is 0. The van der Waals surface area contributed by atoms with Gasteiger partial charge < -0.3 is 20.5 Å². The Bertz CT molecular complexity index is 1160. The SMILES string of the molecule is O=C(NCCNC(=O)c1ccc2ccccc2c1)c1ccc(OC2CCC(C(=O)O)C2)cc1. The van der Waals surface area contributed by atoms with E-state index in [0.29, 0.717) is 49.2 Å². The van der Waals surface area contributed by atoms with Crippen molar-refractivity contribution in [2.45, 2.75) is 25.4 Å². The maximum atomic E-state index is 12.4. The minimum Gasteiger partial charge on any atom is -0.490 e. The van der Waals surface area contributed by atoms with Gasteiger partial charge >= 0.3 is 5.97 Å². The Morgan fingerprint density at radius 2 is 1.45 bits per heavy atom. The Morgan fingerprint density at radius 3 is 2.12 bits per heavy atom. The van der Waals surface area contributed by atoms with Gasteiger partial charge in [0, 0.05) is 24.2 Å². The van der Waals surface area contributed by atoms with Gasteiger partial charge in [-0.15, -0.1) is 0 Å². The van der Waals surface area contributed by atoms with Crippen LogP contribution in [0.4, 0.5) is 0 Å². The van der Waals surface area contributed by atoms with E-state index in [0.717, 1.165) is 10.8 Å². The van der Waals surface area contributed by atoms with Crippen LogP contribution in [0.15, 0.2) is 66.7 Å². The first-order valence-electron chi connectivity index (χ1n) is 11.0. The lowest BCUT2D eigenvalue weighted by atomic mass is 10.1. The second-order valence-electron chi connectivity index (χ2n) is 8.19. The highest BCUT2D eigenvalue weighted by Crippen LogP contribution is 2.29. The van der Waals surface area contributed by atoms with E-state index in [2.05, 4.69) is 10.6 Å². The summed E-state index contributed by atoms with van der Waals surface area (Å²) in [5, 5.41) is 16.8. The number of benzene rings is 3. The summed E-state index contributed by atoms with van der Waals surface area (Å²) < 4.78 is 5.84. The fraction of sp³-hybridized carbons (Fsp3) is 0.269. The molecule has 7 nitrogen and oxygen atoms in total. The smallest absolute Gasteiger partial charge is 0.306 e. The molecule has 170 valence electrons. The molecule has 3 N–H and O–H groups in total. The highest BCUT2D eigenvalue weighted by molar-refractivity contribution is 5.98. The second-order valence-corrected chi connectivity index (χ2v) is 8.19. The molecule has 0 heterocycles. The standard InChI is InChI=1S/C26H26N2O5/c29-24(18-7-10-22(11-8-18)33-23-12-9-21(16-23)26(31)32)27-13-14-28-25(30)20-6-5-17-3-1-2-4-19(17)15-20/h1-8,10-11,15,21,23H,9,12-14,16H2,(H,27,29)(H,28,30)(H,31,32). The Labute approximate surface area is 191 Å². The second kappa shape index (κ2) is 10.2. The quantitative estimate of drug-likeness (QED) is 0.459. The summed E-state index contributed by atoms with van der Waals surface area (Å²) in [6, 6.07) is 20.2. The van der Waals surface area contributed by atoms with Crippen molar-refractivity contribution in [1.29, 1.82) is 0 Å². The molecule has 4 rings (SSSR count). The molecule has 1 saturated carbocycles. The Morgan fingerprint density at radius 1 is 0.818 bits per heavy atom. The molecule has 3 aromatic carbocycles. The summed E-state index contributed by atoms with van der Waals surface area (Å²) in [6.07, 6.45) is 1.72. The number of aliphatic carboxylic acids is 1. The van der Waals surface area contributed by atoms with E-state index < -0.39 is 5.97 Å². The van der Waals surface area contributed by atoms with Crippen molar-refractivity contribution in [3.63, 3.8) is 0 Å². The molecule has 1 fully saturated rings. The zero-order chi connectivity index (χ0) is 23.2. The van der Waals surface area contributed by atoms with Gasteiger partial charge in [-0.3, -0.25) is 14.4 Å². The first kappa shape index (κ1) is 22.3. The van der Waals surface area contributed by atoms with Crippen molar-refractivity contribution in [2.75, 3.05) is 13.1 Å². The van der Waals surface area contributed by atoms with Crippen LogP contribution in [0.1, 0.15) is 40.0 Å². The van der Waals surface area contributed by atoms with Crippen LogP contribution in [-0.4, -0.2) is 42.1 Å². The average molecular weight is 447 g/mol. The third-order valence-electron chi connectivity index (χ3n) is 5.86. The molecule has 2 atom stereocenters. The van der Waals surface area contributed by atoms with Crippen LogP contribution in [-0.2, 0) is 4.79 Å². The lowest BCUT2D eigenvalue weighted by Crippen LogP contribution is -2.34. The molecule has 0 aromatic heterocycles. The summed E-state index contributed by atoms with van der Waals surface area (Å²) in [5.41, 5.74) is 1.06. The average Bonchev–Trinajstić information content (AvgIpc) is 3.30. The lowest BCUT2D eigenvalue weighted by Gasteiger charge is -2.14. The van der Waals surface area contributed by atoms with E-state index in [9.17, 15) is 14.4 Å². The summed E-state index contributed by atoms with van der Waals surface area (Å²) in [6.45, 7) is 0.611. The first-order chi connectivity index (χ1) is 16.0. The molecule has 2 amide bonds. The van der Waals surface area contributed by atoms with E-state index in [-0.39, 0.29) is 23.8 Å². The van der Waals surface area contributed by atoms with E-state index in [1.54, 1.807) is 30.3 Å². The zero-order valence-corrected chi connectivity index (χ0v) is 18.1. The summed E-state index contributed by atoms with van der Waals surface area (Å²) in [5.74, 6) is -0.935. The van der Waals surface area contributed by atoms with Crippen molar-refractivity contribution < 1.29 is 24.2 Å². The van der Waals surface area contributed by atoms with Crippen LogP contribution in [0.3, 0.4) is 0 Å². The van der Waals surface area contributed by atoms with Gasteiger partial charge in [-0.2, -0.15) is 0 Å². The number of carbonyl (C=O) groups excluding carboxylic acids is 2. The number of amides is 2. The topological polar surface area (TPSA) is 105 Å². The maximum absolute atomic E-state index is 12.4. The fourth-order valence-electron chi connectivity index (χ4n) is 4.04. The predicted molar refractivity (Wildman–Crippen MR) is 124 cm³/mol. The van der Waals surface area contributed by atoms with Gasteiger partial charge in [0.15, 0.2) is 0 Å². The van der Waals surface area contributed by atoms with Gasteiger partial charge in [-0.25, -0.2) is 0 Å². The van der Waals surface area contributed by atoms with Gasteiger partial charge in [0.2, 0.25) is 0 Å². The molecule has 0 bridgehead atoms. The minimum atomic E-state index is -0.776. The van der Waals surface area contributed by atoms with E-state index in [1.807, 2.05) is 36.4 Å². The fourth-order valence-corrected chi connectivity index (χ4v) is 4.04. The van der Waals surface area contributed by atoms with Crippen molar-refractivity contribution in [3.8, 4) is 5.75 Å². The van der Waals surface area contributed by atoms with Crippen LogP contribution in [0.2, 0.25) is 0 Å². The largest absolute Gasteiger partial charge is 0.490 e. The van der Waals surface area contributed by atoms with E-state index in [4.69, 9.17) is 9.84 Å². The van der Waals surface area contributed by atoms with Crippen LogP contribution >= 0.6 is 0 Å². The zero-order valence-electron chi connectivity index (χ0n) is 18.1. The molecular formula is C26H26N2O5. The van der Waals surface area contributed by atoms with E-state index in [1.165, 1.54) is 0 Å². The lowest BCUT2D eigenvalue weighted by molar-refractivity contribution is -0.141. The minimum absolute atomic E-state index is 0.114. The highest BCUT2D eigenvalue weighted by atomic mass is 16.5. The monoisotopic (exact) mass is 446 g/mol. The van der Waals surface area contributed by atoms with Crippen LogP contribution in [0.25, 0.3) is 10.8 Å². The molecule has 0 radical (unpaired) electrons. The molecule has 7 heteroatoms. The van der Waals surface area contributed by atoms with Crippen molar-refractivity contribution in [1.82, 2.24) is 10.6 Å². The Balaban J connectivity index is 1.21. The Hall–Kier alpha value is -3.87. The molecule has 3 aromatic rings. The molecule has 1 aliphatic carbocycles. The number of ether oxygens (including phenoxy) is 1. The number of nitrogens with one attached hydrogen (secondary N) is 2. The number of fused-ring (bicyclic) bond motifs is 1. The maximum Gasteiger partial charge on any atom is 0.306 e. The molecule has 33 heavy (non-hydrogen) atoms. The van der Waals surface area contributed by atoms with Crippen molar-refractivity contribution >= 4 is 28.6 Å². The summed E-state index contributed by atoms with van der Waals surface area (Å²) in [4.78, 5) is 35.8. The van der Waals surface area contributed by atoms with Gasteiger partial charge in [0.05, 0.1) is 12.0 Å². The van der Waals surface area contributed by atoms with Gasteiger partial charge in [-0.1, -0.05) is 30.3 Å². The highest BCUT2D eigenvalue weighted by Gasteiger charge is 2.30. The molecule has 2 unspecified atom stereocenters. The molecule has 1 aliphatic rings. The molecular weight excluding hydrogens is 420 g/mol. The Kier molecular flexibility index (Phi) is 6.88. The first-order valence-corrected chi connectivity index (χ1v) is 11.0. The normalized spacial score (nSPS) is 17.5. The number of rotatable bonds is 8. The van der Waals surface area contributed by atoms with E-state index >= 15 is 0 Å². The predicted octanol–water partition coefficient (Wildman–Crippen LogP) is 3.63. The third-order valence-corrected chi connectivity index (χ3v) is 5.86. The van der Waals surface area contributed by atoms with Crippen LogP contribution in [0, 0.1) is 5.92 Å². The van der Waals surface area contributed by atoms with Crippen molar-refractivity contribution in [2.24, 2.45) is 5.92 Å². The molecule has 0 saturated heterocycles. The molecule has 0 spiro atoms. The molecule has 0 aliphatic heterocycles. The van der Waals surface area contributed by atoms with Crippen LogP contribution < -0.4 is 15.4 Å². The van der Waals surface area contributed by atoms with Crippen LogP contribution in [0.5, 0.6) is 5.75 Å². The number of hydrogen-bond donors (Lipinski definition) is 3. The third kappa shape index (κ3) is 5.68. The number of carboxylic acid groups (broad SMARTS) is 1.